The number of methoxy groups -OCH3 is 2. The van der Waals surface area contributed by atoms with E-state index >= 15 is 0 Å². The van der Waals surface area contributed by atoms with Crippen LogP contribution >= 0.6 is 0 Å². The van der Waals surface area contributed by atoms with Gasteiger partial charge in [0.05, 0.1) is 19.8 Å². The molecule has 2 aliphatic rings. The molecule has 2 atom stereocenters. The average molecular weight is 452 g/mol. The minimum absolute atomic E-state index is 0.114. The highest BCUT2D eigenvalue weighted by Crippen LogP contribution is 2.31. The second kappa shape index (κ2) is 10.7. The Bertz CT molecular complexity index is 952. The molecule has 0 unspecified atom stereocenters. The van der Waals surface area contributed by atoms with E-state index in [-0.39, 0.29) is 18.0 Å². The average Bonchev–Trinajstić information content (AvgIpc) is 3.43. The van der Waals surface area contributed by atoms with Crippen LogP contribution in [0, 0.1) is 13.8 Å². The molecule has 0 aromatic heterocycles. The summed E-state index contributed by atoms with van der Waals surface area (Å²) < 4.78 is 10.6. The lowest BCUT2D eigenvalue weighted by Gasteiger charge is -2.29. The SMILES string of the molecule is COCCNC(=O)[C@@H]1C[C@H](NCc2cc(C)c(OC)cc2C)CN1C1Cc2ccccc2C1. The van der Waals surface area contributed by atoms with Crippen molar-refractivity contribution in [2.75, 3.05) is 33.9 Å². The Hall–Kier alpha value is -2.41. The smallest absolute Gasteiger partial charge is 0.237 e. The van der Waals surface area contributed by atoms with E-state index in [0.29, 0.717) is 19.2 Å². The summed E-state index contributed by atoms with van der Waals surface area (Å²) in [5.41, 5.74) is 6.48. The van der Waals surface area contributed by atoms with Crippen molar-refractivity contribution < 1.29 is 14.3 Å². The minimum Gasteiger partial charge on any atom is -0.496 e. The Kier molecular flexibility index (Phi) is 7.68. The lowest BCUT2D eigenvalue weighted by molar-refractivity contribution is -0.126. The maximum absolute atomic E-state index is 13.1. The number of benzene rings is 2. The van der Waals surface area contributed by atoms with E-state index in [9.17, 15) is 4.79 Å². The van der Waals surface area contributed by atoms with Gasteiger partial charge in [0, 0.05) is 38.8 Å². The fraction of sp³-hybridized carbons (Fsp3) is 0.519. The molecular formula is C27H37N3O3. The van der Waals surface area contributed by atoms with Crippen molar-refractivity contribution >= 4 is 5.91 Å². The molecule has 178 valence electrons. The van der Waals surface area contributed by atoms with Crippen molar-refractivity contribution in [2.45, 2.75) is 57.8 Å². The number of carbonyl (C=O) groups excluding carboxylic acids is 1. The molecule has 0 radical (unpaired) electrons. The minimum atomic E-state index is -0.114. The topological polar surface area (TPSA) is 62.8 Å². The highest BCUT2D eigenvalue weighted by atomic mass is 16.5. The van der Waals surface area contributed by atoms with Crippen molar-refractivity contribution in [1.82, 2.24) is 15.5 Å². The van der Waals surface area contributed by atoms with Gasteiger partial charge in [-0.2, -0.15) is 0 Å². The van der Waals surface area contributed by atoms with Crippen molar-refractivity contribution in [3.63, 3.8) is 0 Å². The second-order valence-electron chi connectivity index (χ2n) is 9.39. The molecule has 2 N–H and O–H groups in total. The van der Waals surface area contributed by atoms with Gasteiger partial charge in [-0.1, -0.05) is 30.3 Å². The summed E-state index contributed by atoms with van der Waals surface area (Å²) in [6.07, 6.45) is 2.85. The Morgan fingerprint density at radius 3 is 2.48 bits per heavy atom. The summed E-state index contributed by atoms with van der Waals surface area (Å²) in [5, 5.41) is 6.82. The van der Waals surface area contributed by atoms with Crippen molar-refractivity contribution in [3.8, 4) is 5.75 Å². The van der Waals surface area contributed by atoms with Gasteiger partial charge < -0.3 is 20.1 Å². The number of likely N-dealkylation sites (tertiary alicyclic amines) is 1. The number of amides is 1. The third kappa shape index (κ3) is 5.40. The number of aryl methyl sites for hydroxylation is 2. The Labute approximate surface area is 197 Å². The van der Waals surface area contributed by atoms with Gasteiger partial charge in [0.2, 0.25) is 5.91 Å². The van der Waals surface area contributed by atoms with Gasteiger partial charge in [0.1, 0.15) is 5.75 Å². The van der Waals surface area contributed by atoms with Crippen LogP contribution < -0.4 is 15.4 Å². The van der Waals surface area contributed by atoms with Crippen molar-refractivity contribution in [2.24, 2.45) is 0 Å². The Balaban J connectivity index is 1.44. The van der Waals surface area contributed by atoms with Gasteiger partial charge in [-0.3, -0.25) is 9.69 Å². The number of nitrogens with zero attached hydrogens (tertiary/aromatic N) is 1. The maximum atomic E-state index is 13.1. The molecule has 4 rings (SSSR count). The molecule has 1 saturated heterocycles. The van der Waals surface area contributed by atoms with Crippen LogP contribution in [-0.2, 0) is 28.9 Å². The van der Waals surface area contributed by atoms with Crippen LogP contribution in [0.5, 0.6) is 5.75 Å². The number of ether oxygens (including phenoxy) is 2. The molecule has 0 bridgehead atoms. The van der Waals surface area contributed by atoms with E-state index in [0.717, 1.165) is 43.7 Å². The summed E-state index contributed by atoms with van der Waals surface area (Å²) in [7, 11) is 3.37. The van der Waals surface area contributed by atoms with Crippen LogP contribution in [-0.4, -0.2) is 62.8 Å². The Morgan fingerprint density at radius 2 is 1.82 bits per heavy atom. The predicted molar refractivity (Wildman–Crippen MR) is 131 cm³/mol. The third-order valence-electron chi connectivity index (χ3n) is 7.18. The van der Waals surface area contributed by atoms with Crippen molar-refractivity contribution in [3.05, 3.63) is 64.2 Å². The van der Waals surface area contributed by atoms with E-state index in [4.69, 9.17) is 9.47 Å². The number of rotatable bonds is 9. The maximum Gasteiger partial charge on any atom is 0.237 e. The summed E-state index contributed by atoms with van der Waals surface area (Å²) in [6.45, 7) is 6.96. The van der Waals surface area contributed by atoms with E-state index in [1.165, 1.54) is 22.3 Å². The molecule has 0 saturated carbocycles. The molecule has 6 heteroatoms. The van der Waals surface area contributed by atoms with Crippen LogP contribution in [0.4, 0.5) is 0 Å². The van der Waals surface area contributed by atoms with Gasteiger partial charge >= 0.3 is 0 Å². The van der Waals surface area contributed by atoms with Gasteiger partial charge in [0.15, 0.2) is 0 Å². The van der Waals surface area contributed by atoms with Gasteiger partial charge in [-0.15, -0.1) is 0 Å². The first-order valence-corrected chi connectivity index (χ1v) is 12.0. The second-order valence-corrected chi connectivity index (χ2v) is 9.39. The molecule has 2 aromatic rings. The third-order valence-corrected chi connectivity index (χ3v) is 7.18. The molecular weight excluding hydrogens is 414 g/mol. The number of hydrogen-bond donors (Lipinski definition) is 2. The van der Waals surface area contributed by atoms with E-state index in [1.54, 1.807) is 14.2 Å². The normalized spacial score (nSPS) is 20.7. The lowest BCUT2D eigenvalue weighted by Crippen LogP contribution is -2.48. The number of nitrogens with one attached hydrogen (secondary N) is 2. The highest BCUT2D eigenvalue weighted by Gasteiger charge is 2.41. The summed E-state index contributed by atoms with van der Waals surface area (Å²) in [4.78, 5) is 15.5. The van der Waals surface area contributed by atoms with Gasteiger partial charge in [-0.25, -0.2) is 0 Å². The fourth-order valence-electron chi connectivity index (χ4n) is 5.35. The zero-order valence-electron chi connectivity index (χ0n) is 20.3. The molecule has 0 spiro atoms. The number of carbonyl (C=O) groups is 1. The molecule has 33 heavy (non-hydrogen) atoms. The largest absolute Gasteiger partial charge is 0.496 e. The highest BCUT2D eigenvalue weighted by molar-refractivity contribution is 5.82. The zero-order chi connectivity index (χ0) is 23.4. The summed E-state index contributed by atoms with van der Waals surface area (Å²) >= 11 is 0. The molecule has 2 aromatic carbocycles. The van der Waals surface area contributed by atoms with E-state index in [2.05, 4.69) is 65.8 Å². The fourth-order valence-corrected chi connectivity index (χ4v) is 5.35. The lowest BCUT2D eigenvalue weighted by atomic mass is 10.0. The summed E-state index contributed by atoms with van der Waals surface area (Å²) in [6, 6.07) is 13.5. The molecule has 6 nitrogen and oxygen atoms in total. The molecule has 1 fully saturated rings. The van der Waals surface area contributed by atoms with Crippen LogP contribution in [0.3, 0.4) is 0 Å². The van der Waals surface area contributed by atoms with Crippen LogP contribution in [0.25, 0.3) is 0 Å². The van der Waals surface area contributed by atoms with E-state index < -0.39 is 0 Å². The number of fused-ring (bicyclic) bond motifs is 1. The van der Waals surface area contributed by atoms with Crippen molar-refractivity contribution in [1.29, 1.82) is 0 Å². The van der Waals surface area contributed by atoms with Gasteiger partial charge in [-0.05, 0) is 67.0 Å². The zero-order valence-corrected chi connectivity index (χ0v) is 20.3. The van der Waals surface area contributed by atoms with Crippen LogP contribution in [0.15, 0.2) is 36.4 Å². The molecule has 1 heterocycles. The predicted octanol–water partition coefficient (Wildman–Crippen LogP) is 2.77. The first kappa shape index (κ1) is 23.7. The molecule has 1 amide bonds. The van der Waals surface area contributed by atoms with Gasteiger partial charge in [0.25, 0.3) is 0 Å². The molecule has 1 aliphatic carbocycles. The number of hydrogen-bond acceptors (Lipinski definition) is 5. The summed E-state index contributed by atoms with van der Waals surface area (Å²) in [5.74, 6) is 1.04. The van der Waals surface area contributed by atoms with Crippen LogP contribution in [0.1, 0.15) is 34.2 Å². The van der Waals surface area contributed by atoms with E-state index in [1.807, 2.05) is 0 Å². The first-order valence-electron chi connectivity index (χ1n) is 12.0. The molecule has 1 aliphatic heterocycles. The Morgan fingerprint density at radius 1 is 1.09 bits per heavy atom. The first-order chi connectivity index (χ1) is 16.0. The van der Waals surface area contributed by atoms with Crippen LogP contribution in [0.2, 0.25) is 0 Å². The standard InChI is InChI=1S/C27H37N3O3/c1-18-12-26(33-4)19(2)11-22(18)16-29-23-15-25(27(31)28-9-10-32-3)30(17-23)24-13-20-7-5-6-8-21(20)14-24/h5-8,11-12,23-25,29H,9-10,13-17H2,1-4H3,(H,28,31)/t23-,25-/m0/s1. The quantitative estimate of drug-likeness (QED) is 0.574. The monoisotopic (exact) mass is 451 g/mol.